The van der Waals surface area contributed by atoms with Gasteiger partial charge in [-0.3, -0.25) is 9.78 Å². The minimum Gasteiger partial charge on any atom is -0.288 e. The number of hydrogen-bond acceptors (Lipinski definition) is 3. The second-order valence-corrected chi connectivity index (χ2v) is 4.83. The maximum Gasteiger partial charge on any atom is 0.204 e. The normalized spacial score (nSPS) is 11.1. The number of nitrogens with zero attached hydrogens (tertiary/aromatic N) is 2. The third kappa shape index (κ3) is 2.98. The number of hydrogen-bond donors (Lipinski definition) is 0. The summed E-state index contributed by atoms with van der Waals surface area (Å²) < 4.78 is 0. The minimum atomic E-state index is -0.167. The van der Waals surface area contributed by atoms with E-state index >= 15 is 0 Å². The number of carbonyl (C=O) groups is 1. The zero-order valence-electron chi connectivity index (χ0n) is 11.0. The van der Waals surface area contributed by atoms with Gasteiger partial charge in [0.1, 0.15) is 10.8 Å². The molecule has 0 aliphatic rings. The van der Waals surface area contributed by atoms with E-state index in [1.54, 1.807) is 30.5 Å². The summed E-state index contributed by atoms with van der Waals surface area (Å²) in [5.74, 6) is -0.167. The van der Waals surface area contributed by atoms with Crippen LogP contribution in [0.15, 0.2) is 60.8 Å². The van der Waals surface area contributed by atoms with Crippen LogP contribution in [0.3, 0.4) is 0 Å². The van der Waals surface area contributed by atoms with Gasteiger partial charge in [-0.25, -0.2) is 4.98 Å². The van der Waals surface area contributed by atoms with E-state index in [1.165, 1.54) is 6.08 Å². The molecule has 3 aromatic rings. The van der Waals surface area contributed by atoms with Crippen LogP contribution in [-0.2, 0) is 0 Å². The summed E-state index contributed by atoms with van der Waals surface area (Å²) >= 11 is 6.14. The molecule has 0 unspecified atom stereocenters. The van der Waals surface area contributed by atoms with E-state index in [4.69, 9.17) is 11.6 Å². The summed E-state index contributed by atoms with van der Waals surface area (Å²) in [7, 11) is 0. The van der Waals surface area contributed by atoms with Gasteiger partial charge in [-0.05, 0) is 36.4 Å². The average Bonchev–Trinajstić information content (AvgIpc) is 2.53. The van der Waals surface area contributed by atoms with Crippen molar-refractivity contribution in [2.75, 3.05) is 0 Å². The fourth-order valence-corrected chi connectivity index (χ4v) is 2.19. The number of allylic oxidation sites excluding steroid dienone is 1. The van der Waals surface area contributed by atoms with E-state index in [0.717, 1.165) is 10.9 Å². The van der Waals surface area contributed by atoms with Crippen molar-refractivity contribution in [1.29, 1.82) is 0 Å². The first-order valence-electron chi connectivity index (χ1n) is 6.43. The lowest BCUT2D eigenvalue weighted by Crippen LogP contribution is -1.96. The zero-order valence-corrected chi connectivity index (χ0v) is 11.8. The van der Waals surface area contributed by atoms with E-state index in [0.29, 0.717) is 16.4 Å². The molecular formula is C17H11ClN2O. The molecule has 2 heterocycles. The average molecular weight is 295 g/mol. The molecule has 0 bridgehead atoms. The van der Waals surface area contributed by atoms with E-state index in [2.05, 4.69) is 9.97 Å². The third-order valence-electron chi connectivity index (χ3n) is 3.04. The van der Waals surface area contributed by atoms with Crippen molar-refractivity contribution in [3.63, 3.8) is 0 Å². The number of halogens is 1. The SMILES string of the molecule is O=C(/C=C/c1cc2ccccc2nc1Cl)c1ccccn1. The van der Waals surface area contributed by atoms with Gasteiger partial charge in [-0.2, -0.15) is 0 Å². The van der Waals surface area contributed by atoms with Gasteiger partial charge in [-0.15, -0.1) is 0 Å². The molecule has 21 heavy (non-hydrogen) atoms. The Balaban J connectivity index is 1.92. The first kappa shape index (κ1) is 13.5. The number of benzene rings is 1. The van der Waals surface area contributed by atoms with Crippen molar-refractivity contribution in [2.45, 2.75) is 0 Å². The fraction of sp³-hybridized carbons (Fsp3) is 0. The van der Waals surface area contributed by atoms with Crippen LogP contribution in [0.4, 0.5) is 0 Å². The molecule has 4 heteroatoms. The molecule has 0 amide bonds. The van der Waals surface area contributed by atoms with Gasteiger partial charge >= 0.3 is 0 Å². The van der Waals surface area contributed by atoms with Crippen LogP contribution >= 0.6 is 11.6 Å². The third-order valence-corrected chi connectivity index (χ3v) is 3.34. The van der Waals surface area contributed by atoms with Gasteiger partial charge in [-0.1, -0.05) is 35.9 Å². The van der Waals surface area contributed by atoms with Crippen LogP contribution in [0.1, 0.15) is 16.1 Å². The molecule has 0 saturated heterocycles. The Bertz CT molecular complexity index is 829. The number of aromatic nitrogens is 2. The van der Waals surface area contributed by atoms with Crippen LogP contribution in [0.25, 0.3) is 17.0 Å². The number of ketones is 1. The van der Waals surface area contributed by atoms with E-state index in [9.17, 15) is 4.79 Å². The van der Waals surface area contributed by atoms with Crippen molar-refractivity contribution >= 4 is 34.4 Å². The van der Waals surface area contributed by atoms with Gasteiger partial charge in [0.05, 0.1) is 5.52 Å². The monoisotopic (exact) mass is 294 g/mol. The minimum absolute atomic E-state index is 0.167. The maximum absolute atomic E-state index is 12.0. The molecular weight excluding hydrogens is 284 g/mol. The molecule has 1 aromatic carbocycles. The molecule has 3 rings (SSSR count). The smallest absolute Gasteiger partial charge is 0.204 e. The van der Waals surface area contributed by atoms with Crippen LogP contribution in [0, 0.1) is 0 Å². The molecule has 2 aromatic heterocycles. The summed E-state index contributed by atoms with van der Waals surface area (Å²) in [4.78, 5) is 20.3. The van der Waals surface area contributed by atoms with E-state index < -0.39 is 0 Å². The Morgan fingerprint density at radius 1 is 1.10 bits per heavy atom. The second kappa shape index (κ2) is 5.85. The van der Waals surface area contributed by atoms with Gasteiger partial charge in [0.2, 0.25) is 5.78 Å². The van der Waals surface area contributed by atoms with Crippen LogP contribution < -0.4 is 0 Å². The highest BCUT2D eigenvalue weighted by molar-refractivity contribution is 6.31. The van der Waals surface area contributed by atoms with Crippen LogP contribution in [-0.4, -0.2) is 15.8 Å². The topological polar surface area (TPSA) is 42.9 Å². The largest absolute Gasteiger partial charge is 0.288 e. The van der Waals surface area contributed by atoms with E-state index in [-0.39, 0.29) is 5.78 Å². The van der Waals surface area contributed by atoms with Gasteiger partial charge in [0, 0.05) is 17.1 Å². The number of para-hydroxylation sites is 1. The Hall–Kier alpha value is -2.52. The molecule has 0 fully saturated rings. The quantitative estimate of drug-likeness (QED) is 0.413. The van der Waals surface area contributed by atoms with Crippen molar-refractivity contribution in [3.8, 4) is 0 Å². The molecule has 0 aliphatic heterocycles. The summed E-state index contributed by atoms with van der Waals surface area (Å²) in [5, 5.41) is 1.35. The Morgan fingerprint density at radius 2 is 1.90 bits per heavy atom. The Labute approximate surface area is 126 Å². The maximum atomic E-state index is 12.0. The lowest BCUT2D eigenvalue weighted by Gasteiger charge is -2.01. The van der Waals surface area contributed by atoms with Crippen molar-refractivity contribution in [3.05, 3.63) is 77.2 Å². The lowest BCUT2D eigenvalue weighted by atomic mass is 10.1. The summed E-state index contributed by atoms with van der Waals surface area (Å²) in [5.41, 5.74) is 1.94. The van der Waals surface area contributed by atoms with E-state index in [1.807, 2.05) is 30.3 Å². The lowest BCUT2D eigenvalue weighted by molar-refractivity contribution is 0.104. The summed E-state index contributed by atoms with van der Waals surface area (Å²) in [6.45, 7) is 0. The molecule has 0 N–H and O–H groups in total. The molecule has 0 atom stereocenters. The highest BCUT2D eigenvalue weighted by Crippen LogP contribution is 2.21. The highest BCUT2D eigenvalue weighted by atomic mass is 35.5. The molecule has 102 valence electrons. The highest BCUT2D eigenvalue weighted by Gasteiger charge is 2.05. The number of rotatable bonds is 3. The molecule has 0 spiro atoms. The Morgan fingerprint density at radius 3 is 2.71 bits per heavy atom. The predicted molar refractivity (Wildman–Crippen MR) is 84.4 cm³/mol. The predicted octanol–water partition coefficient (Wildman–Crippen LogP) is 4.18. The van der Waals surface area contributed by atoms with Crippen molar-refractivity contribution in [2.24, 2.45) is 0 Å². The van der Waals surface area contributed by atoms with Gasteiger partial charge < -0.3 is 0 Å². The van der Waals surface area contributed by atoms with Crippen molar-refractivity contribution in [1.82, 2.24) is 9.97 Å². The second-order valence-electron chi connectivity index (χ2n) is 4.47. The fourth-order valence-electron chi connectivity index (χ4n) is 1.99. The summed E-state index contributed by atoms with van der Waals surface area (Å²) in [6.07, 6.45) is 4.71. The molecule has 3 nitrogen and oxygen atoms in total. The Kier molecular flexibility index (Phi) is 3.75. The van der Waals surface area contributed by atoms with Gasteiger partial charge in [0.15, 0.2) is 0 Å². The summed E-state index contributed by atoms with van der Waals surface area (Å²) in [6, 6.07) is 14.8. The first-order chi connectivity index (χ1) is 10.2. The molecule has 0 aliphatic carbocycles. The van der Waals surface area contributed by atoms with Crippen molar-refractivity contribution < 1.29 is 4.79 Å². The molecule has 0 radical (unpaired) electrons. The number of pyridine rings is 2. The number of carbonyl (C=O) groups excluding carboxylic acids is 1. The zero-order chi connectivity index (χ0) is 14.7. The molecule has 0 saturated carbocycles. The number of fused-ring (bicyclic) bond motifs is 1. The standard InChI is InChI=1S/C17H11ClN2O/c18-17-13(11-12-5-1-2-6-14(12)20-17)8-9-16(21)15-7-3-4-10-19-15/h1-11H/b9-8+. The first-order valence-corrected chi connectivity index (χ1v) is 6.80. The van der Waals surface area contributed by atoms with Crippen LogP contribution in [0.5, 0.6) is 0 Å². The van der Waals surface area contributed by atoms with Crippen LogP contribution in [0.2, 0.25) is 5.15 Å². The van der Waals surface area contributed by atoms with Gasteiger partial charge in [0.25, 0.3) is 0 Å².